The number of anilines is 3. The van der Waals surface area contributed by atoms with Crippen LogP contribution < -0.4 is 10.2 Å². The molecule has 0 spiro atoms. The molecule has 3 N–H and O–H groups in total. The molecule has 3 aromatic rings. The zero-order valence-corrected chi connectivity index (χ0v) is 23.5. The van der Waals surface area contributed by atoms with Crippen LogP contribution in [-0.4, -0.2) is 90.2 Å². The number of aliphatic hydroxyl groups is 2. The van der Waals surface area contributed by atoms with E-state index < -0.39 is 6.10 Å². The van der Waals surface area contributed by atoms with Crippen LogP contribution in [0.4, 0.5) is 17.6 Å². The van der Waals surface area contributed by atoms with Gasteiger partial charge in [0, 0.05) is 55.4 Å². The van der Waals surface area contributed by atoms with Crippen molar-refractivity contribution in [1.82, 2.24) is 29.7 Å². The second-order valence-electron chi connectivity index (χ2n) is 12.1. The van der Waals surface area contributed by atoms with E-state index in [1.807, 2.05) is 23.1 Å². The Morgan fingerprint density at radius 1 is 1.10 bits per heavy atom. The van der Waals surface area contributed by atoms with Crippen molar-refractivity contribution in [3.8, 4) is 0 Å². The van der Waals surface area contributed by atoms with E-state index >= 15 is 0 Å². The van der Waals surface area contributed by atoms with Crippen molar-refractivity contribution in [2.75, 3.05) is 36.4 Å². The molecule has 1 amide bonds. The summed E-state index contributed by atoms with van der Waals surface area (Å²) in [7, 11) is 0. The SMILES string of the molecule is C[C@@H](O)c1cc2cnc(Nc3ccc4c(n3)CCN(C(=O)CN3CCCC(O)C3)C4)nc2c(N2C3CCC2CC3)n1. The first kappa shape index (κ1) is 26.5. The quantitative estimate of drug-likeness (QED) is 0.415. The second-order valence-corrected chi connectivity index (χ2v) is 12.1. The summed E-state index contributed by atoms with van der Waals surface area (Å²) < 4.78 is 0. The number of aliphatic hydroxyl groups excluding tert-OH is 2. The van der Waals surface area contributed by atoms with E-state index in [9.17, 15) is 15.0 Å². The van der Waals surface area contributed by atoms with Crippen LogP contribution in [0.15, 0.2) is 24.4 Å². The van der Waals surface area contributed by atoms with E-state index in [2.05, 4.69) is 20.1 Å². The fourth-order valence-electron chi connectivity index (χ4n) is 7.03. The lowest BCUT2D eigenvalue weighted by atomic mass is 10.0. The van der Waals surface area contributed by atoms with Crippen LogP contribution in [0.3, 0.4) is 0 Å². The Hall–Kier alpha value is -3.41. The Morgan fingerprint density at radius 2 is 1.90 bits per heavy atom. The van der Waals surface area contributed by atoms with Crippen LogP contribution in [0.5, 0.6) is 0 Å². The highest BCUT2D eigenvalue weighted by Crippen LogP contribution is 2.42. The summed E-state index contributed by atoms with van der Waals surface area (Å²) in [6, 6.07) is 6.78. The fraction of sp³-hybridized carbons (Fsp3) is 0.567. The third-order valence-corrected chi connectivity index (χ3v) is 9.17. The third-order valence-electron chi connectivity index (χ3n) is 9.17. The number of β-amino-alcohol motifs (C(OH)–C–C–N with tert-alkyl or cyclic N) is 1. The maximum Gasteiger partial charge on any atom is 0.237 e. The number of hydrogen-bond acceptors (Lipinski definition) is 10. The molecule has 216 valence electrons. The average molecular weight is 559 g/mol. The summed E-state index contributed by atoms with van der Waals surface area (Å²) in [4.78, 5) is 38.5. The normalized spacial score (nSPS) is 25.0. The van der Waals surface area contributed by atoms with Gasteiger partial charge in [0.05, 0.1) is 24.4 Å². The largest absolute Gasteiger partial charge is 0.392 e. The molecule has 7 heterocycles. The van der Waals surface area contributed by atoms with Crippen LogP contribution in [0, 0.1) is 0 Å². The molecular formula is C30H38N8O3. The molecule has 4 aliphatic heterocycles. The van der Waals surface area contributed by atoms with Crippen molar-refractivity contribution in [3.05, 3.63) is 41.3 Å². The van der Waals surface area contributed by atoms with Gasteiger partial charge >= 0.3 is 0 Å². The number of nitrogens with zero attached hydrogens (tertiary/aromatic N) is 7. The van der Waals surface area contributed by atoms with Crippen LogP contribution in [0.25, 0.3) is 10.9 Å². The average Bonchev–Trinajstić information content (AvgIpc) is 3.57. The summed E-state index contributed by atoms with van der Waals surface area (Å²) in [6.07, 6.45) is 7.92. The lowest BCUT2D eigenvalue weighted by Gasteiger charge is -2.33. The second kappa shape index (κ2) is 10.8. The summed E-state index contributed by atoms with van der Waals surface area (Å²) in [6.45, 7) is 4.70. The van der Waals surface area contributed by atoms with Gasteiger partial charge in [-0.2, -0.15) is 0 Å². The van der Waals surface area contributed by atoms with Gasteiger partial charge in [0.2, 0.25) is 11.9 Å². The van der Waals surface area contributed by atoms with Crippen molar-refractivity contribution in [2.24, 2.45) is 0 Å². The predicted molar refractivity (Wildman–Crippen MR) is 155 cm³/mol. The van der Waals surface area contributed by atoms with Crippen molar-refractivity contribution in [1.29, 1.82) is 0 Å². The highest BCUT2D eigenvalue weighted by Gasteiger charge is 2.41. The van der Waals surface area contributed by atoms with Gasteiger partial charge in [-0.05, 0) is 69.7 Å². The van der Waals surface area contributed by atoms with E-state index in [4.69, 9.17) is 15.0 Å². The van der Waals surface area contributed by atoms with Gasteiger partial charge in [-0.25, -0.2) is 19.9 Å². The van der Waals surface area contributed by atoms with Crippen molar-refractivity contribution >= 4 is 34.4 Å². The maximum atomic E-state index is 13.0. The minimum Gasteiger partial charge on any atom is -0.392 e. The number of pyridine rings is 2. The first-order valence-electron chi connectivity index (χ1n) is 15.0. The molecule has 11 heteroatoms. The van der Waals surface area contributed by atoms with Gasteiger partial charge in [0.15, 0.2) is 5.82 Å². The Morgan fingerprint density at radius 3 is 2.66 bits per heavy atom. The lowest BCUT2D eigenvalue weighted by molar-refractivity contribution is -0.134. The third kappa shape index (κ3) is 5.22. The number of hydrogen-bond donors (Lipinski definition) is 3. The molecule has 41 heavy (non-hydrogen) atoms. The number of fused-ring (bicyclic) bond motifs is 4. The summed E-state index contributed by atoms with van der Waals surface area (Å²) in [5, 5.41) is 24.4. The first-order chi connectivity index (χ1) is 19.9. The highest BCUT2D eigenvalue weighted by molar-refractivity contribution is 5.90. The van der Waals surface area contributed by atoms with Crippen molar-refractivity contribution in [3.63, 3.8) is 0 Å². The molecule has 0 radical (unpaired) electrons. The number of aromatic nitrogens is 4. The van der Waals surface area contributed by atoms with E-state index in [1.165, 1.54) is 25.7 Å². The summed E-state index contributed by atoms with van der Waals surface area (Å²) in [5.74, 6) is 2.07. The molecule has 2 atom stereocenters. The molecule has 0 aliphatic carbocycles. The zero-order valence-electron chi connectivity index (χ0n) is 23.5. The number of rotatable bonds is 6. The van der Waals surface area contributed by atoms with E-state index in [1.54, 1.807) is 13.1 Å². The molecule has 3 aromatic heterocycles. The fourth-order valence-corrected chi connectivity index (χ4v) is 7.03. The Bertz CT molecular complexity index is 1450. The number of amides is 1. The molecule has 3 fully saturated rings. The van der Waals surface area contributed by atoms with Gasteiger partial charge < -0.3 is 25.3 Å². The lowest BCUT2D eigenvalue weighted by Crippen LogP contribution is -2.46. The van der Waals surface area contributed by atoms with Crippen LogP contribution in [0.1, 0.15) is 68.5 Å². The highest BCUT2D eigenvalue weighted by atomic mass is 16.3. The Labute approximate surface area is 239 Å². The molecule has 0 aromatic carbocycles. The van der Waals surface area contributed by atoms with Crippen molar-refractivity contribution < 1.29 is 15.0 Å². The molecule has 4 aliphatic rings. The topological polar surface area (TPSA) is 131 Å². The minimum atomic E-state index is -0.667. The van der Waals surface area contributed by atoms with E-state index in [0.29, 0.717) is 62.1 Å². The number of carbonyl (C=O) groups excluding carboxylic acids is 1. The zero-order chi connectivity index (χ0) is 28.1. The molecule has 1 unspecified atom stereocenters. The maximum absolute atomic E-state index is 13.0. The minimum absolute atomic E-state index is 0.103. The number of piperidine rings is 1. The molecule has 2 bridgehead atoms. The van der Waals surface area contributed by atoms with E-state index in [-0.39, 0.29) is 12.0 Å². The first-order valence-corrected chi connectivity index (χ1v) is 15.0. The number of carbonyl (C=O) groups is 1. The van der Waals surface area contributed by atoms with Crippen LogP contribution in [0.2, 0.25) is 0 Å². The molecule has 3 saturated heterocycles. The number of nitrogens with one attached hydrogen (secondary N) is 1. The van der Waals surface area contributed by atoms with Crippen LogP contribution >= 0.6 is 0 Å². The Kier molecular flexibility index (Phi) is 6.96. The van der Waals surface area contributed by atoms with Gasteiger partial charge in [-0.1, -0.05) is 6.07 Å². The smallest absolute Gasteiger partial charge is 0.237 e. The van der Waals surface area contributed by atoms with E-state index in [0.717, 1.165) is 47.4 Å². The van der Waals surface area contributed by atoms with Crippen molar-refractivity contribution in [2.45, 2.75) is 82.7 Å². The van der Waals surface area contributed by atoms with Gasteiger partial charge in [0.25, 0.3) is 0 Å². The van der Waals surface area contributed by atoms with Gasteiger partial charge in [-0.15, -0.1) is 0 Å². The van der Waals surface area contributed by atoms with Gasteiger partial charge in [-0.3, -0.25) is 9.69 Å². The predicted octanol–water partition coefficient (Wildman–Crippen LogP) is 2.69. The monoisotopic (exact) mass is 558 g/mol. The summed E-state index contributed by atoms with van der Waals surface area (Å²) in [5.41, 5.74) is 3.46. The molecule has 0 saturated carbocycles. The Balaban J connectivity index is 1.09. The molecular weight excluding hydrogens is 520 g/mol. The van der Waals surface area contributed by atoms with Gasteiger partial charge in [0.1, 0.15) is 11.3 Å². The number of likely N-dealkylation sites (tertiary alicyclic amines) is 1. The summed E-state index contributed by atoms with van der Waals surface area (Å²) >= 11 is 0. The molecule has 7 rings (SSSR count). The molecule has 11 nitrogen and oxygen atoms in total. The van der Waals surface area contributed by atoms with Crippen LogP contribution in [-0.2, 0) is 17.8 Å². The standard InChI is InChI=1S/C30H38N8O3/c1-18(39)25-13-20-14-31-30(35-28(20)29(33-25)38-21-5-6-22(38)8-7-21)34-26-9-4-19-15-37(12-10-24(19)32-26)27(41)17-36-11-2-3-23(40)16-36/h4,9,13-14,18,21-23,39-40H,2-3,5-8,10-12,15-17H2,1H3,(H,31,32,34,35)/t18-,21?,22?,23?/m1/s1.